The van der Waals surface area contributed by atoms with Crippen molar-refractivity contribution < 1.29 is 35.5 Å². The van der Waals surface area contributed by atoms with Crippen molar-refractivity contribution in [2.75, 3.05) is 24.2 Å². The van der Waals surface area contributed by atoms with Crippen LogP contribution in [0.25, 0.3) is 0 Å². The summed E-state index contributed by atoms with van der Waals surface area (Å²) in [5.41, 5.74) is -1.93. The highest BCUT2D eigenvalue weighted by molar-refractivity contribution is 7.92. The number of benzene rings is 2. The number of alkyl halides is 3. The van der Waals surface area contributed by atoms with Gasteiger partial charge in [-0.2, -0.15) is 13.2 Å². The maximum atomic E-state index is 13.2. The topological polar surface area (TPSA) is 64.6 Å². The van der Waals surface area contributed by atoms with Gasteiger partial charge >= 0.3 is 6.18 Å². The highest BCUT2D eigenvalue weighted by atomic mass is 32.2. The predicted octanol–water partition coefficient (Wildman–Crippen LogP) is 3.67. The molecule has 0 aromatic heterocycles. The number of hydrogen-bond donors (Lipinski definition) is 1. The summed E-state index contributed by atoms with van der Waals surface area (Å²) < 4.78 is 87.3. The SMILES string of the molecule is COc1ccc(OCCS(=O)(=O)Nc2ccc(F)c(C(F)(F)F)c2)cc1. The van der Waals surface area contributed by atoms with Gasteiger partial charge < -0.3 is 9.47 Å². The van der Waals surface area contributed by atoms with E-state index in [0.29, 0.717) is 23.6 Å². The normalized spacial score (nSPS) is 11.9. The van der Waals surface area contributed by atoms with Crippen LogP contribution in [0.5, 0.6) is 11.5 Å². The molecule has 10 heteroatoms. The number of halogens is 4. The molecule has 0 bridgehead atoms. The average molecular weight is 393 g/mol. The second-order valence-corrected chi connectivity index (χ2v) is 6.98. The number of hydrogen-bond acceptors (Lipinski definition) is 4. The quantitative estimate of drug-likeness (QED) is 0.729. The van der Waals surface area contributed by atoms with Crippen molar-refractivity contribution >= 4 is 15.7 Å². The molecule has 0 heterocycles. The molecule has 0 saturated heterocycles. The average Bonchev–Trinajstić information content (AvgIpc) is 2.56. The van der Waals surface area contributed by atoms with Crippen molar-refractivity contribution in [1.82, 2.24) is 0 Å². The molecule has 0 aliphatic heterocycles. The fourth-order valence-electron chi connectivity index (χ4n) is 1.98. The zero-order valence-electron chi connectivity index (χ0n) is 13.5. The Bertz CT molecular complexity index is 852. The summed E-state index contributed by atoms with van der Waals surface area (Å²) in [5.74, 6) is -0.980. The van der Waals surface area contributed by atoms with E-state index in [1.807, 2.05) is 4.72 Å². The molecule has 0 unspecified atom stereocenters. The molecular formula is C16H15F4NO4S. The lowest BCUT2D eigenvalue weighted by Crippen LogP contribution is -2.21. The Morgan fingerprint density at radius 2 is 1.65 bits per heavy atom. The third kappa shape index (κ3) is 5.51. The first-order valence-corrected chi connectivity index (χ1v) is 8.90. The molecule has 26 heavy (non-hydrogen) atoms. The highest BCUT2D eigenvalue weighted by Crippen LogP contribution is 2.33. The van der Waals surface area contributed by atoms with E-state index >= 15 is 0 Å². The Balaban J connectivity index is 1.98. The van der Waals surface area contributed by atoms with Crippen LogP contribution in [0.3, 0.4) is 0 Å². The van der Waals surface area contributed by atoms with Gasteiger partial charge in [0, 0.05) is 5.69 Å². The first-order chi connectivity index (χ1) is 12.1. The van der Waals surface area contributed by atoms with Crippen LogP contribution in [0.2, 0.25) is 0 Å². The van der Waals surface area contributed by atoms with Crippen molar-refractivity contribution in [3.05, 3.63) is 53.8 Å². The maximum absolute atomic E-state index is 13.2. The number of sulfonamides is 1. The lowest BCUT2D eigenvalue weighted by molar-refractivity contribution is -0.139. The van der Waals surface area contributed by atoms with E-state index in [9.17, 15) is 26.0 Å². The van der Waals surface area contributed by atoms with E-state index in [1.165, 1.54) is 7.11 Å². The molecule has 0 aliphatic carbocycles. The van der Waals surface area contributed by atoms with Gasteiger partial charge in [0.2, 0.25) is 10.0 Å². The second kappa shape index (κ2) is 7.81. The van der Waals surface area contributed by atoms with E-state index in [-0.39, 0.29) is 12.3 Å². The van der Waals surface area contributed by atoms with Crippen LogP contribution in [0, 0.1) is 5.82 Å². The molecule has 0 saturated carbocycles. The summed E-state index contributed by atoms with van der Waals surface area (Å²) in [5, 5.41) is 0. The van der Waals surface area contributed by atoms with Crippen molar-refractivity contribution in [2.24, 2.45) is 0 Å². The number of ether oxygens (including phenoxy) is 2. The summed E-state index contributed by atoms with van der Waals surface area (Å²) in [6.07, 6.45) is -4.93. The van der Waals surface area contributed by atoms with Gasteiger partial charge in [-0.05, 0) is 42.5 Å². The van der Waals surface area contributed by atoms with Gasteiger partial charge in [-0.1, -0.05) is 0 Å². The predicted molar refractivity (Wildman–Crippen MR) is 87.3 cm³/mol. The Hall–Kier alpha value is -2.49. The van der Waals surface area contributed by atoms with Gasteiger partial charge in [0.05, 0.1) is 12.7 Å². The molecule has 0 fully saturated rings. The third-order valence-electron chi connectivity index (χ3n) is 3.23. The molecule has 0 atom stereocenters. The molecule has 0 aliphatic rings. The molecule has 2 rings (SSSR count). The van der Waals surface area contributed by atoms with Gasteiger partial charge in [0.25, 0.3) is 0 Å². The van der Waals surface area contributed by atoms with Crippen molar-refractivity contribution in [2.45, 2.75) is 6.18 Å². The summed E-state index contributed by atoms with van der Waals surface area (Å²) in [6.45, 7) is -0.227. The minimum atomic E-state index is -4.93. The highest BCUT2D eigenvalue weighted by Gasteiger charge is 2.34. The third-order valence-corrected chi connectivity index (χ3v) is 4.48. The Labute approximate surface area is 147 Å². The van der Waals surface area contributed by atoms with E-state index < -0.39 is 33.3 Å². The van der Waals surface area contributed by atoms with Crippen molar-refractivity contribution in [1.29, 1.82) is 0 Å². The largest absolute Gasteiger partial charge is 0.497 e. The monoisotopic (exact) mass is 393 g/mol. The molecule has 142 valence electrons. The first kappa shape index (κ1) is 19.8. The Morgan fingerprint density at radius 1 is 1.04 bits per heavy atom. The van der Waals surface area contributed by atoms with Crippen LogP contribution in [0.1, 0.15) is 5.56 Å². The number of methoxy groups -OCH3 is 1. The maximum Gasteiger partial charge on any atom is 0.419 e. The number of rotatable bonds is 7. The van der Waals surface area contributed by atoms with Gasteiger partial charge in [-0.25, -0.2) is 12.8 Å². The van der Waals surface area contributed by atoms with Crippen LogP contribution in [0.15, 0.2) is 42.5 Å². The molecule has 0 radical (unpaired) electrons. The fourth-order valence-corrected chi connectivity index (χ4v) is 2.87. The van der Waals surface area contributed by atoms with Crippen LogP contribution in [-0.2, 0) is 16.2 Å². The van der Waals surface area contributed by atoms with E-state index in [4.69, 9.17) is 9.47 Å². The molecule has 1 N–H and O–H groups in total. The Kier molecular flexibility index (Phi) is 5.96. The Morgan fingerprint density at radius 3 is 2.23 bits per heavy atom. The smallest absolute Gasteiger partial charge is 0.419 e. The van der Waals surface area contributed by atoms with Gasteiger partial charge in [0.1, 0.15) is 29.7 Å². The van der Waals surface area contributed by atoms with Gasteiger partial charge in [-0.3, -0.25) is 4.72 Å². The zero-order valence-corrected chi connectivity index (χ0v) is 14.3. The molecular weight excluding hydrogens is 378 g/mol. The van der Waals surface area contributed by atoms with Crippen LogP contribution in [0.4, 0.5) is 23.2 Å². The van der Waals surface area contributed by atoms with E-state index in [1.54, 1.807) is 24.3 Å². The molecule has 2 aromatic carbocycles. The number of nitrogens with one attached hydrogen (secondary N) is 1. The lowest BCUT2D eigenvalue weighted by Gasteiger charge is -2.12. The summed E-state index contributed by atoms with van der Waals surface area (Å²) in [4.78, 5) is 0. The fraction of sp³-hybridized carbons (Fsp3) is 0.250. The molecule has 0 spiro atoms. The number of anilines is 1. The minimum absolute atomic E-state index is 0.227. The van der Waals surface area contributed by atoms with Crippen LogP contribution < -0.4 is 14.2 Å². The summed E-state index contributed by atoms with van der Waals surface area (Å²) in [6, 6.07) is 8.26. The van der Waals surface area contributed by atoms with Crippen LogP contribution >= 0.6 is 0 Å². The first-order valence-electron chi connectivity index (χ1n) is 7.25. The van der Waals surface area contributed by atoms with Gasteiger partial charge in [0.15, 0.2) is 0 Å². The molecule has 5 nitrogen and oxygen atoms in total. The minimum Gasteiger partial charge on any atom is -0.497 e. The summed E-state index contributed by atoms with van der Waals surface area (Å²) >= 11 is 0. The van der Waals surface area contributed by atoms with Crippen molar-refractivity contribution in [3.8, 4) is 11.5 Å². The molecule has 0 amide bonds. The van der Waals surface area contributed by atoms with Crippen LogP contribution in [-0.4, -0.2) is 27.9 Å². The van der Waals surface area contributed by atoms with E-state index in [0.717, 1.165) is 6.07 Å². The standard InChI is InChI=1S/C16H15F4NO4S/c1-24-12-3-5-13(6-4-12)25-8-9-26(22,23)21-11-2-7-15(17)14(10-11)16(18,19)20/h2-7,10,21H,8-9H2,1H3. The van der Waals surface area contributed by atoms with Crippen molar-refractivity contribution in [3.63, 3.8) is 0 Å². The van der Waals surface area contributed by atoms with Gasteiger partial charge in [-0.15, -0.1) is 0 Å². The summed E-state index contributed by atoms with van der Waals surface area (Å²) in [7, 11) is -2.49. The lowest BCUT2D eigenvalue weighted by atomic mass is 10.2. The van der Waals surface area contributed by atoms with E-state index in [2.05, 4.69) is 0 Å². The second-order valence-electron chi connectivity index (χ2n) is 5.14. The molecule has 2 aromatic rings. The zero-order chi connectivity index (χ0) is 19.4.